The lowest BCUT2D eigenvalue weighted by Crippen LogP contribution is -2.27. The van der Waals surface area contributed by atoms with Crippen LogP contribution >= 0.6 is 23.2 Å². The maximum Gasteiger partial charge on any atom is 0.252 e. The summed E-state index contributed by atoms with van der Waals surface area (Å²) in [5.41, 5.74) is 0.352. The Bertz CT molecular complexity index is 396. The first-order valence-electron chi connectivity index (χ1n) is 5.46. The Kier molecular flexibility index (Phi) is 5.75. The smallest absolute Gasteiger partial charge is 0.252 e. The Morgan fingerprint density at radius 2 is 2.18 bits per heavy atom. The molecule has 0 fully saturated rings. The van der Waals surface area contributed by atoms with Gasteiger partial charge in [-0.3, -0.25) is 4.79 Å². The van der Waals surface area contributed by atoms with Gasteiger partial charge < -0.3 is 10.4 Å². The van der Waals surface area contributed by atoms with Crippen LogP contribution in [0.5, 0.6) is 0 Å². The zero-order chi connectivity index (χ0) is 12.8. The van der Waals surface area contributed by atoms with E-state index >= 15 is 0 Å². The van der Waals surface area contributed by atoms with Gasteiger partial charge in [-0.25, -0.2) is 0 Å². The molecule has 0 bridgehead atoms. The monoisotopic (exact) mass is 275 g/mol. The van der Waals surface area contributed by atoms with Crippen LogP contribution in [0.15, 0.2) is 18.2 Å². The standard InChI is InChI=1S/C12H15Cl2NO2/c1-2-9(16)5-6-15-12(17)10-7-8(13)3-4-11(10)14/h3-4,7,9,16H,2,5-6H2,1H3,(H,15,17). The summed E-state index contributed by atoms with van der Waals surface area (Å²) < 4.78 is 0. The van der Waals surface area contributed by atoms with Gasteiger partial charge in [0.15, 0.2) is 0 Å². The van der Waals surface area contributed by atoms with Gasteiger partial charge in [0, 0.05) is 11.6 Å². The fourth-order valence-corrected chi connectivity index (χ4v) is 1.70. The number of carbonyl (C=O) groups is 1. The van der Waals surface area contributed by atoms with Crippen LogP contribution in [-0.2, 0) is 0 Å². The molecule has 2 N–H and O–H groups in total. The van der Waals surface area contributed by atoms with E-state index in [1.807, 2.05) is 6.92 Å². The molecule has 0 radical (unpaired) electrons. The average molecular weight is 276 g/mol. The highest BCUT2D eigenvalue weighted by molar-refractivity contribution is 6.35. The van der Waals surface area contributed by atoms with E-state index in [-0.39, 0.29) is 12.0 Å². The number of carbonyl (C=O) groups excluding carboxylic acids is 1. The predicted molar refractivity (Wildman–Crippen MR) is 69.7 cm³/mol. The van der Waals surface area contributed by atoms with Gasteiger partial charge in [-0.2, -0.15) is 0 Å². The van der Waals surface area contributed by atoms with E-state index in [1.54, 1.807) is 12.1 Å². The second kappa shape index (κ2) is 6.84. The molecule has 0 heterocycles. The number of benzene rings is 1. The van der Waals surface area contributed by atoms with Crippen molar-refractivity contribution in [3.05, 3.63) is 33.8 Å². The van der Waals surface area contributed by atoms with Crippen molar-refractivity contribution in [1.82, 2.24) is 5.32 Å². The zero-order valence-electron chi connectivity index (χ0n) is 9.54. The third-order valence-corrected chi connectivity index (χ3v) is 2.97. The maximum atomic E-state index is 11.8. The minimum absolute atomic E-state index is 0.277. The van der Waals surface area contributed by atoms with Crippen molar-refractivity contribution in [2.75, 3.05) is 6.54 Å². The zero-order valence-corrected chi connectivity index (χ0v) is 11.1. The highest BCUT2D eigenvalue weighted by Gasteiger charge is 2.11. The van der Waals surface area contributed by atoms with Crippen molar-refractivity contribution in [3.63, 3.8) is 0 Å². The van der Waals surface area contributed by atoms with Crippen molar-refractivity contribution in [1.29, 1.82) is 0 Å². The molecule has 3 nitrogen and oxygen atoms in total. The summed E-state index contributed by atoms with van der Waals surface area (Å²) >= 11 is 11.7. The third kappa shape index (κ3) is 4.54. The number of nitrogens with one attached hydrogen (secondary N) is 1. The SMILES string of the molecule is CCC(O)CCNC(=O)c1cc(Cl)ccc1Cl. The molecule has 1 aromatic rings. The van der Waals surface area contributed by atoms with Gasteiger partial charge >= 0.3 is 0 Å². The summed E-state index contributed by atoms with van der Waals surface area (Å²) in [7, 11) is 0. The second-order valence-corrected chi connectivity index (χ2v) is 4.57. The first kappa shape index (κ1) is 14.3. The number of rotatable bonds is 5. The lowest BCUT2D eigenvalue weighted by atomic mass is 10.2. The maximum absolute atomic E-state index is 11.8. The quantitative estimate of drug-likeness (QED) is 0.868. The lowest BCUT2D eigenvalue weighted by Gasteiger charge is -2.09. The number of hydrogen-bond donors (Lipinski definition) is 2. The minimum atomic E-state index is -0.384. The molecule has 0 aromatic heterocycles. The van der Waals surface area contributed by atoms with Gasteiger partial charge in [0.05, 0.1) is 16.7 Å². The lowest BCUT2D eigenvalue weighted by molar-refractivity contribution is 0.0942. The minimum Gasteiger partial charge on any atom is -0.393 e. The summed E-state index contributed by atoms with van der Waals surface area (Å²) in [6, 6.07) is 4.73. The molecule has 94 valence electrons. The van der Waals surface area contributed by atoms with E-state index in [4.69, 9.17) is 23.2 Å². The van der Waals surface area contributed by atoms with Crippen molar-refractivity contribution in [2.24, 2.45) is 0 Å². The molecule has 17 heavy (non-hydrogen) atoms. The van der Waals surface area contributed by atoms with Crippen molar-refractivity contribution >= 4 is 29.1 Å². The van der Waals surface area contributed by atoms with Crippen LogP contribution in [-0.4, -0.2) is 23.7 Å². The number of hydrogen-bond acceptors (Lipinski definition) is 2. The van der Waals surface area contributed by atoms with Crippen molar-refractivity contribution in [2.45, 2.75) is 25.9 Å². The van der Waals surface area contributed by atoms with Crippen molar-refractivity contribution in [3.8, 4) is 0 Å². The van der Waals surface area contributed by atoms with E-state index in [1.165, 1.54) is 6.07 Å². The summed E-state index contributed by atoms with van der Waals surface area (Å²) in [6.45, 7) is 2.30. The molecule has 1 amide bonds. The molecule has 5 heteroatoms. The molecule has 0 aliphatic heterocycles. The predicted octanol–water partition coefficient (Wildman–Crippen LogP) is 2.88. The molecule has 0 aliphatic carbocycles. The molecule has 1 unspecified atom stereocenters. The van der Waals surface area contributed by atoms with Crippen LogP contribution in [0.3, 0.4) is 0 Å². The van der Waals surface area contributed by atoms with Gasteiger partial charge in [-0.05, 0) is 31.0 Å². The fourth-order valence-electron chi connectivity index (χ4n) is 1.32. The van der Waals surface area contributed by atoms with Gasteiger partial charge in [-0.1, -0.05) is 30.1 Å². The van der Waals surface area contributed by atoms with E-state index in [9.17, 15) is 9.90 Å². The summed E-state index contributed by atoms with van der Waals surface area (Å²) in [5, 5.41) is 12.9. The Morgan fingerprint density at radius 1 is 1.47 bits per heavy atom. The number of amides is 1. The van der Waals surface area contributed by atoms with Crippen molar-refractivity contribution < 1.29 is 9.90 Å². The van der Waals surface area contributed by atoms with Crippen LogP contribution < -0.4 is 5.32 Å². The topological polar surface area (TPSA) is 49.3 Å². The molecule has 0 aliphatic rings. The Labute approximate surface area is 111 Å². The molecule has 1 aromatic carbocycles. The first-order valence-corrected chi connectivity index (χ1v) is 6.21. The number of halogens is 2. The largest absolute Gasteiger partial charge is 0.393 e. The van der Waals surface area contributed by atoms with E-state index in [0.717, 1.165) is 0 Å². The highest BCUT2D eigenvalue weighted by Crippen LogP contribution is 2.20. The Morgan fingerprint density at radius 3 is 2.82 bits per heavy atom. The second-order valence-electron chi connectivity index (χ2n) is 3.73. The van der Waals surface area contributed by atoms with Gasteiger partial charge in [0.25, 0.3) is 5.91 Å². The summed E-state index contributed by atoms with van der Waals surface area (Å²) in [4.78, 5) is 11.8. The van der Waals surface area contributed by atoms with Crippen LogP contribution in [0.4, 0.5) is 0 Å². The highest BCUT2D eigenvalue weighted by atomic mass is 35.5. The van der Waals surface area contributed by atoms with Crippen LogP contribution in [0.2, 0.25) is 10.0 Å². The molecule has 0 saturated heterocycles. The molecule has 1 atom stereocenters. The van der Waals surface area contributed by atoms with E-state index in [0.29, 0.717) is 35.0 Å². The average Bonchev–Trinajstić information content (AvgIpc) is 2.31. The molecule has 0 saturated carbocycles. The van der Waals surface area contributed by atoms with Crippen LogP contribution in [0, 0.1) is 0 Å². The van der Waals surface area contributed by atoms with Crippen LogP contribution in [0.1, 0.15) is 30.1 Å². The molecule has 0 spiro atoms. The summed E-state index contributed by atoms with van der Waals surface area (Å²) in [6.07, 6.45) is 0.818. The van der Waals surface area contributed by atoms with Gasteiger partial charge in [-0.15, -0.1) is 0 Å². The van der Waals surface area contributed by atoms with Gasteiger partial charge in [0.2, 0.25) is 0 Å². The van der Waals surface area contributed by atoms with E-state index in [2.05, 4.69) is 5.32 Å². The van der Waals surface area contributed by atoms with E-state index < -0.39 is 0 Å². The normalized spacial score (nSPS) is 12.2. The first-order chi connectivity index (χ1) is 8.04. The summed E-state index contributed by atoms with van der Waals surface area (Å²) in [5.74, 6) is -0.277. The van der Waals surface area contributed by atoms with Crippen LogP contribution in [0.25, 0.3) is 0 Å². The van der Waals surface area contributed by atoms with Gasteiger partial charge in [0.1, 0.15) is 0 Å². The Balaban J connectivity index is 2.55. The number of aliphatic hydroxyl groups excluding tert-OH is 1. The molecular formula is C12H15Cl2NO2. The third-order valence-electron chi connectivity index (χ3n) is 2.41. The fraction of sp³-hybridized carbons (Fsp3) is 0.417. The molecular weight excluding hydrogens is 261 g/mol. The number of aliphatic hydroxyl groups is 1. The molecule has 1 rings (SSSR count). The Hall–Kier alpha value is -0.770.